The summed E-state index contributed by atoms with van der Waals surface area (Å²) in [5.74, 6) is 0.341. The molecule has 1 aliphatic heterocycles. The number of hydrogen-bond acceptors (Lipinski definition) is 4. The fourth-order valence-electron chi connectivity index (χ4n) is 2.43. The van der Waals surface area contributed by atoms with E-state index in [1.807, 2.05) is 7.05 Å². The van der Waals surface area contributed by atoms with Crippen LogP contribution >= 0.6 is 0 Å². The van der Waals surface area contributed by atoms with Crippen LogP contribution in [0, 0.1) is 5.92 Å². The highest BCUT2D eigenvalue weighted by Crippen LogP contribution is 2.10. The molecule has 0 saturated carbocycles. The first-order valence-corrected chi connectivity index (χ1v) is 8.97. The Hall–Kier alpha value is -0.210. The summed E-state index contributed by atoms with van der Waals surface area (Å²) in [6, 6.07) is 0. The van der Waals surface area contributed by atoms with Crippen molar-refractivity contribution in [1.29, 1.82) is 0 Å². The first-order valence-electron chi connectivity index (χ1n) is 7.53. The van der Waals surface area contributed by atoms with Crippen LogP contribution in [0.25, 0.3) is 0 Å². The Bertz CT molecular complexity index is 355. The van der Waals surface area contributed by atoms with Gasteiger partial charge in [0, 0.05) is 26.7 Å². The predicted octanol–water partition coefficient (Wildman–Crippen LogP) is 0.0940. The van der Waals surface area contributed by atoms with Crippen LogP contribution in [0.15, 0.2) is 0 Å². The largest absolute Gasteiger partial charge is 0.320 e. The Morgan fingerprint density at radius 3 is 2.55 bits per heavy atom. The van der Waals surface area contributed by atoms with Crippen molar-refractivity contribution in [2.24, 2.45) is 5.92 Å². The molecule has 1 aliphatic rings. The molecule has 0 aromatic heterocycles. The summed E-state index contributed by atoms with van der Waals surface area (Å²) in [6.07, 6.45) is 3.36. The molecule has 1 heterocycles. The maximum Gasteiger partial charge on any atom is 0.279 e. The van der Waals surface area contributed by atoms with Gasteiger partial charge in [-0.05, 0) is 51.9 Å². The van der Waals surface area contributed by atoms with Crippen LogP contribution in [-0.2, 0) is 10.2 Å². The molecule has 0 radical (unpaired) electrons. The van der Waals surface area contributed by atoms with Crippen molar-refractivity contribution >= 4 is 10.2 Å². The standard InChI is InChI=1S/C13H30N4O2S/c1-13(12-17-9-4-5-10-17)11-15-20(18,19)16(3)8-6-7-14-2/h13-15H,4-12H2,1-3H3. The van der Waals surface area contributed by atoms with Crippen molar-refractivity contribution in [3.05, 3.63) is 0 Å². The normalized spacial score (nSPS) is 18.8. The zero-order valence-corrected chi connectivity index (χ0v) is 13.9. The second-order valence-corrected chi connectivity index (χ2v) is 7.61. The molecule has 120 valence electrons. The van der Waals surface area contributed by atoms with E-state index in [1.54, 1.807) is 7.05 Å². The van der Waals surface area contributed by atoms with Crippen molar-refractivity contribution in [1.82, 2.24) is 19.2 Å². The number of nitrogens with zero attached hydrogens (tertiary/aromatic N) is 2. The van der Waals surface area contributed by atoms with Crippen molar-refractivity contribution in [2.45, 2.75) is 26.2 Å². The molecule has 0 aromatic rings. The van der Waals surface area contributed by atoms with Gasteiger partial charge in [0.25, 0.3) is 10.2 Å². The van der Waals surface area contributed by atoms with Crippen LogP contribution in [-0.4, -0.2) is 71.0 Å². The summed E-state index contributed by atoms with van der Waals surface area (Å²) in [6.45, 7) is 7.26. The van der Waals surface area contributed by atoms with Gasteiger partial charge < -0.3 is 10.2 Å². The minimum atomic E-state index is -3.33. The molecule has 1 unspecified atom stereocenters. The molecular formula is C13H30N4O2S. The Morgan fingerprint density at radius 1 is 1.30 bits per heavy atom. The lowest BCUT2D eigenvalue weighted by molar-refractivity contribution is 0.287. The first kappa shape index (κ1) is 17.8. The smallest absolute Gasteiger partial charge is 0.279 e. The molecular weight excluding hydrogens is 276 g/mol. The van der Waals surface area contributed by atoms with E-state index in [9.17, 15) is 8.42 Å². The van der Waals surface area contributed by atoms with E-state index in [2.05, 4.69) is 21.9 Å². The van der Waals surface area contributed by atoms with Gasteiger partial charge in [0.1, 0.15) is 0 Å². The summed E-state index contributed by atoms with van der Waals surface area (Å²) in [5, 5.41) is 3.02. The van der Waals surface area contributed by atoms with Crippen LogP contribution in [0.4, 0.5) is 0 Å². The number of hydrogen-bond donors (Lipinski definition) is 2. The lowest BCUT2D eigenvalue weighted by Gasteiger charge is -2.22. The van der Waals surface area contributed by atoms with E-state index in [0.717, 1.165) is 32.6 Å². The summed E-state index contributed by atoms with van der Waals surface area (Å²) in [7, 11) is 0.164. The van der Waals surface area contributed by atoms with Crippen molar-refractivity contribution < 1.29 is 8.42 Å². The highest BCUT2D eigenvalue weighted by molar-refractivity contribution is 7.87. The zero-order valence-electron chi connectivity index (χ0n) is 13.1. The molecule has 20 heavy (non-hydrogen) atoms. The Balaban J connectivity index is 2.26. The van der Waals surface area contributed by atoms with E-state index in [1.165, 1.54) is 17.1 Å². The summed E-state index contributed by atoms with van der Waals surface area (Å²) in [4.78, 5) is 2.41. The second-order valence-electron chi connectivity index (χ2n) is 5.75. The van der Waals surface area contributed by atoms with Gasteiger partial charge in [-0.1, -0.05) is 6.92 Å². The topological polar surface area (TPSA) is 64.7 Å². The minimum absolute atomic E-state index is 0.341. The van der Waals surface area contributed by atoms with Crippen molar-refractivity contribution in [2.75, 3.05) is 53.4 Å². The molecule has 1 atom stereocenters. The fraction of sp³-hybridized carbons (Fsp3) is 1.00. The predicted molar refractivity (Wildman–Crippen MR) is 82.9 cm³/mol. The number of nitrogens with one attached hydrogen (secondary N) is 2. The molecule has 0 amide bonds. The quantitative estimate of drug-likeness (QED) is 0.562. The SMILES string of the molecule is CNCCCN(C)S(=O)(=O)NCC(C)CN1CCCC1. The maximum absolute atomic E-state index is 12.0. The molecule has 7 heteroatoms. The molecule has 0 spiro atoms. The number of likely N-dealkylation sites (tertiary alicyclic amines) is 1. The summed E-state index contributed by atoms with van der Waals surface area (Å²) in [5.41, 5.74) is 0. The zero-order chi connectivity index (χ0) is 15.0. The van der Waals surface area contributed by atoms with Gasteiger partial charge in [0.2, 0.25) is 0 Å². The Morgan fingerprint density at radius 2 is 1.95 bits per heavy atom. The molecule has 1 rings (SSSR count). The Kier molecular flexibility index (Phi) is 7.98. The second kappa shape index (κ2) is 8.94. The minimum Gasteiger partial charge on any atom is -0.320 e. The summed E-state index contributed by atoms with van der Waals surface area (Å²) < 4.78 is 28.2. The van der Waals surface area contributed by atoms with Gasteiger partial charge in [-0.25, -0.2) is 4.72 Å². The molecule has 0 aliphatic carbocycles. The van der Waals surface area contributed by atoms with E-state index in [0.29, 0.717) is 19.0 Å². The van der Waals surface area contributed by atoms with Crippen LogP contribution in [0.2, 0.25) is 0 Å². The van der Waals surface area contributed by atoms with Crippen LogP contribution in [0.5, 0.6) is 0 Å². The van der Waals surface area contributed by atoms with Gasteiger partial charge in [0.15, 0.2) is 0 Å². The molecule has 6 nitrogen and oxygen atoms in total. The van der Waals surface area contributed by atoms with Gasteiger partial charge in [0.05, 0.1) is 0 Å². The van der Waals surface area contributed by atoms with Gasteiger partial charge in [-0.3, -0.25) is 0 Å². The molecule has 1 fully saturated rings. The average Bonchev–Trinajstić information content (AvgIpc) is 2.89. The van der Waals surface area contributed by atoms with E-state index >= 15 is 0 Å². The fourth-order valence-corrected chi connectivity index (χ4v) is 3.51. The highest BCUT2D eigenvalue weighted by Gasteiger charge is 2.19. The van der Waals surface area contributed by atoms with Crippen molar-refractivity contribution in [3.8, 4) is 0 Å². The third-order valence-electron chi connectivity index (χ3n) is 3.69. The van der Waals surface area contributed by atoms with Crippen LogP contribution < -0.4 is 10.0 Å². The summed E-state index contributed by atoms with van der Waals surface area (Å²) >= 11 is 0. The van der Waals surface area contributed by atoms with Crippen LogP contribution in [0.1, 0.15) is 26.2 Å². The third-order valence-corrected chi connectivity index (χ3v) is 5.23. The third kappa shape index (κ3) is 6.49. The first-order chi connectivity index (χ1) is 9.45. The lowest BCUT2D eigenvalue weighted by atomic mass is 10.2. The molecule has 0 bridgehead atoms. The van der Waals surface area contributed by atoms with Gasteiger partial charge >= 0.3 is 0 Å². The molecule has 2 N–H and O–H groups in total. The monoisotopic (exact) mass is 306 g/mol. The molecule has 1 saturated heterocycles. The van der Waals surface area contributed by atoms with E-state index in [-0.39, 0.29) is 0 Å². The maximum atomic E-state index is 12.0. The van der Waals surface area contributed by atoms with E-state index < -0.39 is 10.2 Å². The van der Waals surface area contributed by atoms with Gasteiger partial charge in [-0.2, -0.15) is 12.7 Å². The van der Waals surface area contributed by atoms with Gasteiger partial charge in [-0.15, -0.1) is 0 Å². The van der Waals surface area contributed by atoms with Crippen molar-refractivity contribution in [3.63, 3.8) is 0 Å². The highest BCUT2D eigenvalue weighted by atomic mass is 32.2. The Labute approximate surface area is 124 Å². The van der Waals surface area contributed by atoms with Crippen LogP contribution in [0.3, 0.4) is 0 Å². The molecule has 0 aromatic carbocycles. The van der Waals surface area contributed by atoms with E-state index in [4.69, 9.17) is 0 Å². The average molecular weight is 306 g/mol. The lowest BCUT2D eigenvalue weighted by Crippen LogP contribution is -2.42. The number of rotatable bonds is 10.